The van der Waals surface area contributed by atoms with E-state index in [0.29, 0.717) is 11.4 Å². The lowest BCUT2D eigenvalue weighted by Gasteiger charge is -2.17. The summed E-state index contributed by atoms with van der Waals surface area (Å²) in [5, 5.41) is 4.37. The second kappa shape index (κ2) is 8.06. The van der Waals surface area contributed by atoms with Crippen LogP contribution in [0, 0.1) is 0 Å². The Kier molecular flexibility index (Phi) is 5.58. The van der Waals surface area contributed by atoms with Crippen molar-refractivity contribution in [3.05, 3.63) is 71.4 Å². The Morgan fingerprint density at radius 3 is 2.65 bits per heavy atom. The van der Waals surface area contributed by atoms with Crippen molar-refractivity contribution < 1.29 is 14.3 Å². The summed E-state index contributed by atoms with van der Waals surface area (Å²) in [6, 6.07) is 16.2. The van der Waals surface area contributed by atoms with Crippen LogP contribution >= 0.6 is 11.6 Å². The van der Waals surface area contributed by atoms with Crippen LogP contribution < -0.4 is 5.32 Å². The van der Waals surface area contributed by atoms with E-state index in [-0.39, 0.29) is 12.5 Å². The maximum Gasteiger partial charge on any atom is 0.328 e. The Morgan fingerprint density at radius 2 is 1.92 bits per heavy atom. The molecule has 1 N–H and O–H groups in total. The lowest BCUT2D eigenvalue weighted by atomic mass is 10.1. The summed E-state index contributed by atoms with van der Waals surface area (Å²) < 4.78 is 6.63. The van der Waals surface area contributed by atoms with E-state index in [2.05, 4.69) is 5.32 Å². The Morgan fingerprint density at radius 1 is 1.15 bits per heavy atom. The summed E-state index contributed by atoms with van der Waals surface area (Å²) in [7, 11) is 1.31. The van der Waals surface area contributed by atoms with Gasteiger partial charge in [0.05, 0.1) is 7.11 Å². The molecule has 2 aromatic carbocycles. The average molecular weight is 371 g/mol. The van der Waals surface area contributed by atoms with Gasteiger partial charge in [-0.25, -0.2) is 4.79 Å². The molecule has 0 saturated heterocycles. The lowest BCUT2D eigenvalue weighted by molar-refractivity contribution is -0.145. The molecule has 0 saturated carbocycles. The minimum Gasteiger partial charge on any atom is -0.467 e. The number of amides is 1. The van der Waals surface area contributed by atoms with Gasteiger partial charge in [-0.15, -0.1) is 0 Å². The van der Waals surface area contributed by atoms with Gasteiger partial charge in [-0.3, -0.25) is 4.79 Å². The van der Waals surface area contributed by atoms with E-state index in [1.807, 2.05) is 54.7 Å². The third-order valence-corrected chi connectivity index (χ3v) is 4.39. The molecule has 1 heterocycles. The van der Waals surface area contributed by atoms with Gasteiger partial charge in [0.25, 0.3) is 0 Å². The minimum absolute atomic E-state index is 0.0894. The van der Waals surface area contributed by atoms with Gasteiger partial charge in [-0.1, -0.05) is 48.0 Å². The van der Waals surface area contributed by atoms with E-state index in [1.54, 1.807) is 10.6 Å². The zero-order valence-electron chi connectivity index (χ0n) is 14.3. The first-order valence-electron chi connectivity index (χ1n) is 8.22. The Balaban J connectivity index is 1.72. The largest absolute Gasteiger partial charge is 0.467 e. The molecule has 134 valence electrons. The number of aromatic nitrogens is 1. The SMILES string of the molecule is COC(=O)[C@@H](Cc1ccccc1)NC(=O)Cn1ccc2ccc(Cl)cc21. The number of carbonyl (C=O) groups is 2. The van der Waals surface area contributed by atoms with E-state index in [0.717, 1.165) is 16.5 Å². The molecule has 0 aliphatic rings. The second-order valence-corrected chi connectivity index (χ2v) is 6.42. The summed E-state index contributed by atoms with van der Waals surface area (Å²) in [6.07, 6.45) is 2.20. The van der Waals surface area contributed by atoms with Gasteiger partial charge in [0, 0.05) is 23.2 Å². The summed E-state index contributed by atoms with van der Waals surface area (Å²) in [4.78, 5) is 24.5. The first-order valence-corrected chi connectivity index (χ1v) is 8.60. The predicted molar refractivity (Wildman–Crippen MR) is 101 cm³/mol. The zero-order valence-corrected chi connectivity index (χ0v) is 15.1. The predicted octanol–water partition coefficient (Wildman–Crippen LogP) is 3.20. The maximum atomic E-state index is 12.5. The molecule has 5 nitrogen and oxygen atoms in total. The van der Waals surface area contributed by atoms with Crippen LogP contribution in [0.3, 0.4) is 0 Å². The van der Waals surface area contributed by atoms with Crippen LogP contribution in [0.1, 0.15) is 5.56 Å². The number of benzene rings is 2. The van der Waals surface area contributed by atoms with Crippen LogP contribution in [-0.2, 0) is 27.3 Å². The van der Waals surface area contributed by atoms with Crippen LogP contribution in [0.5, 0.6) is 0 Å². The average Bonchev–Trinajstić information content (AvgIpc) is 3.03. The summed E-state index contributed by atoms with van der Waals surface area (Å²) >= 11 is 6.04. The van der Waals surface area contributed by atoms with Crippen molar-refractivity contribution in [3.63, 3.8) is 0 Å². The number of halogens is 1. The number of nitrogens with one attached hydrogen (secondary N) is 1. The van der Waals surface area contributed by atoms with Crippen molar-refractivity contribution in [3.8, 4) is 0 Å². The van der Waals surface area contributed by atoms with E-state index in [1.165, 1.54) is 7.11 Å². The molecule has 0 fully saturated rings. The van der Waals surface area contributed by atoms with Gasteiger partial charge in [0.15, 0.2) is 0 Å². The monoisotopic (exact) mass is 370 g/mol. The molecular formula is C20H19ClN2O3. The van der Waals surface area contributed by atoms with Crippen molar-refractivity contribution >= 4 is 34.4 Å². The van der Waals surface area contributed by atoms with Crippen LogP contribution in [0.25, 0.3) is 10.9 Å². The number of rotatable bonds is 6. The zero-order chi connectivity index (χ0) is 18.5. The first kappa shape index (κ1) is 18.0. The van der Waals surface area contributed by atoms with Gasteiger partial charge in [0.2, 0.25) is 5.91 Å². The Labute approximate surface area is 156 Å². The highest BCUT2D eigenvalue weighted by Gasteiger charge is 2.22. The highest BCUT2D eigenvalue weighted by molar-refractivity contribution is 6.31. The number of ether oxygens (including phenoxy) is 1. The van der Waals surface area contributed by atoms with Gasteiger partial charge in [-0.05, 0) is 29.1 Å². The number of nitrogens with zero attached hydrogens (tertiary/aromatic N) is 1. The van der Waals surface area contributed by atoms with E-state index >= 15 is 0 Å². The summed E-state index contributed by atoms with van der Waals surface area (Å²) in [6.45, 7) is 0.0894. The van der Waals surface area contributed by atoms with E-state index in [4.69, 9.17) is 16.3 Å². The molecule has 0 radical (unpaired) electrons. The van der Waals surface area contributed by atoms with Crippen LogP contribution in [-0.4, -0.2) is 29.6 Å². The molecule has 0 unspecified atom stereocenters. The van der Waals surface area contributed by atoms with E-state index in [9.17, 15) is 9.59 Å². The number of hydrogen-bond acceptors (Lipinski definition) is 3. The lowest BCUT2D eigenvalue weighted by Crippen LogP contribution is -2.44. The molecule has 0 spiro atoms. The van der Waals surface area contributed by atoms with Crippen LogP contribution in [0.2, 0.25) is 5.02 Å². The minimum atomic E-state index is -0.736. The maximum absolute atomic E-state index is 12.5. The molecule has 0 bridgehead atoms. The number of methoxy groups -OCH3 is 1. The highest BCUT2D eigenvalue weighted by atomic mass is 35.5. The molecule has 1 aromatic heterocycles. The summed E-state index contributed by atoms with van der Waals surface area (Å²) in [5.74, 6) is -0.739. The van der Waals surface area contributed by atoms with Gasteiger partial charge >= 0.3 is 5.97 Å². The quantitative estimate of drug-likeness (QED) is 0.678. The Bertz CT molecular complexity index is 921. The topological polar surface area (TPSA) is 60.3 Å². The number of esters is 1. The molecule has 26 heavy (non-hydrogen) atoms. The normalized spacial score (nSPS) is 11.9. The molecule has 6 heteroatoms. The van der Waals surface area contributed by atoms with Crippen molar-refractivity contribution in [2.45, 2.75) is 19.0 Å². The van der Waals surface area contributed by atoms with Crippen molar-refractivity contribution in [2.24, 2.45) is 0 Å². The fourth-order valence-corrected chi connectivity index (χ4v) is 3.04. The Hall–Kier alpha value is -2.79. The molecule has 3 aromatic rings. The van der Waals surface area contributed by atoms with Crippen molar-refractivity contribution in [2.75, 3.05) is 7.11 Å². The van der Waals surface area contributed by atoms with Crippen molar-refractivity contribution in [1.29, 1.82) is 0 Å². The summed E-state index contributed by atoms with van der Waals surface area (Å²) in [5.41, 5.74) is 1.81. The third kappa shape index (κ3) is 4.24. The van der Waals surface area contributed by atoms with Crippen LogP contribution in [0.4, 0.5) is 0 Å². The standard InChI is InChI=1S/C20H19ClN2O3/c1-26-20(25)17(11-14-5-3-2-4-6-14)22-19(24)13-23-10-9-15-7-8-16(21)12-18(15)23/h2-10,12,17H,11,13H2,1H3,(H,22,24)/t17-/m1/s1. The molecule has 3 rings (SSSR count). The first-order chi connectivity index (χ1) is 12.6. The number of carbonyl (C=O) groups excluding carboxylic acids is 2. The van der Waals surface area contributed by atoms with Crippen LogP contribution in [0.15, 0.2) is 60.8 Å². The van der Waals surface area contributed by atoms with Gasteiger partial charge in [-0.2, -0.15) is 0 Å². The van der Waals surface area contributed by atoms with Crippen molar-refractivity contribution in [1.82, 2.24) is 9.88 Å². The highest BCUT2D eigenvalue weighted by Crippen LogP contribution is 2.20. The molecule has 1 atom stereocenters. The molecular weight excluding hydrogens is 352 g/mol. The molecule has 0 aliphatic heterocycles. The number of hydrogen-bond donors (Lipinski definition) is 1. The molecule has 0 aliphatic carbocycles. The fraction of sp³-hybridized carbons (Fsp3) is 0.200. The van der Waals surface area contributed by atoms with Gasteiger partial charge in [0.1, 0.15) is 12.6 Å². The molecule has 1 amide bonds. The van der Waals surface area contributed by atoms with Gasteiger partial charge < -0.3 is 14.6 Å². The van der Waals surface area contributed by atoms with E-state index < -0.39 is 12.0 Å². The number of fused-ring (bicyclic) bond motifs is 1. The smallest absolute Gasteiger partial charge is 0.328 e. The fourth-order valence-electron chi connectivity index (χ4n) is 2.87. The third-order valence-electron chi connectivity index (χ3n) is 4.15. The second-order valence-electron chi connectivity index (χ2n) is 5.98.